The molecule has 1 aliphatic carbocycles. The topological polar surface area (TPSA) is 100 Å². The zero-order valence-electron chi connectivity index (χ0n) is 17.8. The van der Waals surface area contributed by atoms with E-state index in [-0.39, 0.29) is 11.3 Å². The van der Waals surface area contributed by atoms with Crippen molar-refractivity contribution in [1.29, 1.82) is 0 Å². The van der Waals surface area contributed by atoms with E-state index in [1.54, 1.807) is 31.6 Å². The number of pyridine rings is 1. The van der Waals surface area contributed by atoms with Gasteiger partial charge in [-0.05, 0) is 31.9 Å². The highest BCUT2D eigenvalue weighted by molar-refractivity contribution is 5.97. The highest BCUT2D eigenvalue weighted by Crippen LogP contribution is 2.45. The van der Waals surface area contributed by atoms with E-state index in [0.717, 1.165) is 16.8 Å². The summed E-state index contributed by atoms with van der Waals surface area (Å²) in [7, 11) is 0. The van der Waals surface area contributed by atoms with Gasteiger partial charge < -0.3 is 5.32 Å². The lowest BCUT2D eigenvalue weighted by atomic mass is 9.88. The summed E-state index contributed by atoms with van der Waals surface area (Å²) in [6.45, 7) is 11.1. The van der Waals surface area contributed by atoms with Gasteiger partial charge in [0.1, 0.15) is 0 Å². The van der Waals surface area contributed by atoms with Crippen LogP contribution in [-0.2, 0) is 10.2 Å². The summed E-state index contributed by atoms with van der Waals surface area (Å²) in [5.74, 6) is -0.697. The lowest BCUT2D eigenvalue weighted by Crippen LogP contribution is -2.22. The Morgan fingerprint density at radius 3 is 2.84 bits per heavy atom. The van der Waals surface area contributed by atoms with Gasteiger partial charge in [0.25, 0.3) is 0 Å². The molecule has 0 saturated carbocycles. The molecule has 0 aromatic carbocycles. The van der Waals surface area contributed by atoms with Crippen LogP contribution in [0.1, 0.15) is 49.9 Å². The van der Waals surface area contributed by atoms with Crippen LogP contribution in [0.25, 0.3) is 5.65 Å². The number of amides is 1. The fourth-order valence-electron chi connectivity index (χ4n) is 4.14. The zero-order valence-corrected chi connectivity index (χ0v) is 17.8. The maximum atomic E-state index is 13.7. The number of halogens is 1. The number of hydrogen-bond donors (Lipinski definition) is 1. The number of carbonyl (C=O) groups excluding carboxylic acids is 1. The predicted molar refractivity (Wildman–Crippen MR) is 117 cm³/mol. The van der Waals surface area contributed by atoms with Crippen LogP contribution < -0.4 is 10.4 Å². The van der Waals surface area contributed by atoms with Gasteiger partial charge in [-0.25, -0.2) is 14.5 Å². The molecule has 1 unspecified atom stereocenters. The van der Waals surface area contributed by atoms with Crippen LogP contribution in [0.15, 0.2) is 34.7 Å². The second-order valence-electron chi connectivity index (χ2n) is 8.10. The number of aromatic nitrogens is 4. The van der Waals surface area contributed by atoms with Gasteiger partial charge in [-0.15, -0.1) is 10.2 Å². The molecule has 160 valence electrons. The van der Waals surface area contributed by atoms with Crippen LogP contribution in [0.3, 0.4) is 0 Å². The van der Waals surface area contributed by atoms with Crippen molar-refractivity contribution in [3.8, 4) is 0 Å². The normalized spacial score (nSPS) is 17.1. The molecular weight excluding hydrogens is 399 g/mol. The molecule has 10 heteroatoms. The van der Waals surface area contributed by atoms with Crippen LogP contribution in [0.2, 0.25) is 0 Å². The van der Waals surface area contributed by atoms with Crippen LogP contribution in [-0.4, -0.2) is 38.4 Å². The summed E-state index contributed by atoms with van der Waals surface area (Å²) in [4.78, 5) is 21.8. The fourth-order valence-corrected chi connectivity index (χ4v) is 4.14. The number of fused-ring (bicyclic) bond motifs is 3. The lowest BCUT2D eigenvalue weighted by molar-refractivity contribution is -0.117. The second kappa shape index (κ2) is 7.53. The summed E-state index contributed by atoms with van der Waals surface area (Å²) in [6.07, 6.45) is 5.34. The number of hydrazone groups is 2. The van der Waals surface area contributed by atoms with Crippen LogP contribution in [0.4, 0.5) is 15.9 Å². The van der Waals surface area contributed by atoms with Crippen molar-refractivity contribution in [2.24, 2.45) is 10.2 Å². The SMILES string of the molecule is C=NN(/N=C\C)c1ncc(NC(=O)C2CC(C)(C)c3c2cnc2cc(F)nn32)cc1C. The first-order valence-electron chi connectivity index (χ1n) is 9.82. The van der Waals surface area contributed by atoms with Gasteiger partial charge in [-0.2, -0.15) is 14.6 Å². The molecule has 0 fully saturated rings. The van der Waals surface area contributed by atoms with Gasteiger partial charge in [0.2, 0.25) is 11.9 Å². The number of hydrogen-bond acceptors (Lipinski definition) is 7. The van der Waals surface area contributed by atoms with E-state index in [1.165, 1.54) is 15.7 Å². The molecule has 1 atom stereocenters. The Bertz CT molecular complexity index is 1220. The first kappa shape index (κ1) is 20.6. The minimum atomic E-state index is -0.596. The van der Waals surface area contributed by atoms with Crippen molar-refractivity contribution < 1.29 is 9.18 Å². The van der Waals surface area contributed by atoms with Crippen molar-refractivity contribution in [2.75, 3.05) is 10.4 Å². The van der Waals surface area contributed by atoms with Gasteiger partial charge >= 0.3 is 0 Å². The number of rotatable bonds is 5. The Morgan fingerprint density at radius 1 is 1.39 bits per heavy atom. The van der Waals surface area contributed by atoms with Gasteiger partial charge in [0.15, 0.2) is 11.5 Å². The van der Waals surface area contributed by atoms with Gasteiger partial charge in [0.05, 0.1) is 23.5 Å². The monoisotopic (exact) mass is 422 g/mol. The summed E-state index contributed by atoms with van der Waals surface area (Å²) >= 11 is 0. The number of carbonyl (C=O) groups is 1. The molecule has 3 aromatic rings. The molecular formula is C21H23FN8O. The zero-order chi connectivity index (χ0) is 22.3. The van der Waals surface area contributed by atoms with Gasteiger partial charge in [-0.3, -0.25) is 4.79 Å². The maximum absolute atomic E-state index is 13.7. The highest BCUT2D eigenvalue weighted by Gasteiger charge is 2.43. The van der Waals surface area contributed by atoms with Crippen LogP contribution >= 0.6 is 0 Å². The molecule has 0 saturated heterocycles. The van der Waals surface area contributed by atoms with Crippen molar-refractivity contribution in [1.82, 2.24) is 19.6 Å². The third kappa shape index (κ3) is 3.54. The summed E-state index contributed by atoms with van der Waals surface area (Å²) < 4.78 is 15.2. The van der Waals surface area contributed by atoms with Gasteiger partial charge in [-0.1, -0.05) is 13.8 Å². The maximum Gasteiger partial charge on any atom is 0.235 e. The number of anilines is 2. The molecule has 0 radical (unpaired) electrons. The average Bonchev–Trinajstić information content (AvgIpc) is 3.22. The van der Waals surface area contributed by atoms with Crippen molar-refractivity contribution in [3.05, 3.63) is 47.3 Å². The first-order valence-corrected chi connectivity index (χ1v) is 9.82. The van der Waals surface area contributed by atoms with Crippen LogP contribution in [0.5, 0.6) is 0 Å². The van der Waals surface area contributed by atoms with Crippen molar-refractivity contribution >= 4 is 36.0 Å². The quantitative estimate of drug-likeness (QED) is 0.502. The first-order chi connectivity index (χ1) is 14.7. The fraction of sp³-hybridized carbons (Fsp3) is 0.333. The smallest absolute Gasteiger partial charge is 0.235 e. The molecule has 0 spiro atoms. The van der Waals surface area contributed by atoms with Crippen LogP contribution in [0, 0.1) is 12.9 Å². The lowest BCUT2D eigenvalue weighted by Gasteiger charge is -2.19. The predicted octanol–water partition coefficient (Wildman–Crippen LogP) is 3.40. The van der Waals surface area contributed by atoms with E-state index >= 15 is 0 Å². The molecule has 0 aliphatic heterocycles. The van der Waals surface area contributed by atoms with E-state index in [2.05, 4.69) is 37.3 Å². The molecule has 1 aliphatic rings. The Hall–Kier alpha value is -3.69. The number of aryl methyl sites for hydroxylation is 1. The Kier molecular flexibility index (Phi) is 5.00. The molecule has 1 amide bonds. The average molecular weight is 422 g/mol. The summed E-state index contributed by atoms with van der Waals surface area (Å²) in [5.41, 5.74) is 2.94. The minimum Gasteiger partial charge on any atom is -0.324 e. The van der Waals surface area contributed by atoms with E-state index in [1.807, 2.05) is 20.8 Å². The Morgan fingerprint density at radius 2 is 2.16 bits per heavy atom. The van der Waals surface area contributed by atoms with Crippen molar-refractivity contribution in [2.45, 2.75) is 45.4 Å². The van der Waals surface area contributed by atoms with E-state index in [4.69, 9.17) is 0 Å². The Balaban J connectivity index is 1.63. The molecule has 3 heterocycles. The number of nitrogens with one attached hydrogen (secondary N) is 1. The van der Waals surface area contributed by atoms with E-state index < -0.39 is 11.9 Å². The standard InChI is InChI=1S/C21H23FN8O/c1-6-26-30(23-5)19-12(2)7-13(10-25-19)27-20(31)14-9-21(3,4)18-15(14)11-24-17-8-16(22)28-29(17)18/h6-8,10-11,14H,5,9H2,1-4H3,(H,27,31)/b26-6-. The molecule has 4 rings (SSSR count). The second-order valence-corrected chi connectivity index (χ2v) is 8.10. The number of nitrogens with zero attached hydrogens (tertiary/aromatic N) is 7. The largest absolute Gasteiger partial charge is 0.324 e. The molecule has 31 heavy (non-hydrogen) atoms. The molecule has 1 N–H and O–H groups in total. The third-order valence-electron chi connectivity index (χ3n) is 5.40. The minimum absolute atomic E-state index is 0.181. The third-order valence-corrected chi connectivity index (χ3v) is 5.40. The molecule has 0 bridgehead atoms. The summed E-state index contributed by atoms with van der Waals surface area (Å²) in [5, 5.41) is 16.1. The summed E-state index contributed by atoms with van der Waals surface area (Å²) in [6, 6.07) is 3.08. The Labute approximate surface area is 178 Å². The van der Waals surface area contributed by atoms with E-state index in [0.29, 0.717) is 23.6 Å². The van der Waals surface area contributed by atoms with E-state index in [9.17, 15) is 9.18 Å². The van der Waals surface area contributed by atoms with Gasteiger partial charge in [0, 0.05) is 36.2 Å². The molecule has 9 nitrogen and oxygen atoms in total. The molecule has 3 aromatic heterocycles. The highest BCUT2D eigenvalue weighted by atomic mass is 19.1. The van der Waals surface area contributed by atoms with Crippen molar-refractivity contribution in [3.63, 3.8) is 0 Å².